The molecule has 4 aromatic carbocycles. The van der Waals surface area contributed by atoms with E-state index in [0.717, 1.165) is 55.4 Å². The minimum absolute atomic E-state index is 0.0327. The smallest absolute Gasteiger partial charge is 0.305 e. The van der Waals surface area contributed by atoms with Crippen molar-refractivity contribution in [1.82, 2.24) is 0 Å². The Balaban J connectivity index is 1.07. The third kappa shape index (κ3) is 6.02. The highest BCUT2D eigenvalue weighted by molar-refractivity contribution is 6.01. The molecule has 8 heteroatoms. The number of hydrogen-bond donors (Lipinski definition) is 0. The number of ketones is 1. The third-order valence-corrected chi connectivity index (χ3v) is 8.61. The number of methoxy groups -OCH3 is 1. The lowest BCUT2D eigenvalue weighted by Crippen LogP contribution is -2.36. The molecule has 0 spiro atoms. The lowest BCUT2D eigenvalue weighted by molar-refractivity contribution is -0.162. The van der Waals surface area contributed by atoms with Gasteiger partial charge in [-0.2, -0.15) is 0 Å². The van der Waals surface area contributed by atoms with E-state index in [0.29, 0.717) is 47.5 Å². The minimum Gasteiger partial charge on any atom is -0.493 e. The Kier molecular flexibility index (Phi) is 8.81. The molecular weight excluding hydrogens is 584 g/mol. The molecule has 7 rings (SSSR count). The van der Waals surface area contributed by atoms with Crippen LogP contribution in [0.1, 0.15) is 71.7 Å². The van der Waals surface area contributed by atoms with Crippen molar-refractivity contribution in [3.8, 4) is 28.7 Å². The van der Waals surface area contributed by atoms with Gasteiger partial charge in [-0.25, -0.2) is 0 Å². The lowest BCUT2D eigenvalue weighted by atomic mass is 9.95. The van der Waals surface area contributed by atoms with Gasteiger partial charge >= 0.3 is 5.79 Å². The Morgan fingerprint density at radius 1 is 0.804 bits per heavy atom. The molecule has 2 atom stereocenters. The molecule has 0 aliphatic carbocycles. The lowest BCUT2D eigenvalue weighted by Gasteiger charge is -2.29. The number of carbonyl (C=O) groups is 1. The first-order chi connectivity index (χ1) is 22.6. The molecule has 3 heterocycles. The van der Waals surface area contributed by atoms with Gasteiger partial charge in [-0.05, 0) is 61.9 Å². The van der Waals surface area contributed by atoms with Crippen LogP contribution in [-0.4, -0.2) is 39.0 Å². The van der Waals surface area contributed by atoms with Gasteiger partial charge < -0.3 is 33.2 Å². The maximum Gasteiger partial charge on any atom is 0.305 e. The molecular formula is C38H38O8. The van der Waals surface area contributed by atoms with Gasteiger partial charge in [-0.1, -0.05) is 66.7 Å². The molecule has 0 amide bonds. The average molecular weight is 623 g/mol. The first-order valence-corrected chi connectivity index (χ1v) is 16.0. The fourth-order valence-corrected chi connectivity index (χ4v) is 6.19. The van der Waals surface area contributed by atoms with Crippen molar-refractivity contribution in [3.05, 3.63) is 113 Å². The molecule has 0 N–H and O–H groups in total. The zero-order valence-electron chi connectivity index (χ0n) is 25.9. The fraction of sp³-hybridized carbons (Fsp3) is 0.342. The van der Waals surface area contributed by atoms with Crippen LogP contribution in [0.25, 0.3) is 0 Å². The number of carbonyl (C=O) groups excluding carboxylic acids is 1. The van der Waals surface area contributed by atoms with E-state index >= 15 is 0 Å². The number of ether oxygens (including phenoxy) is 7. The summed E-state index contributed by atoms with van der Waals surface area (Å²) in [6, 6.07) is 28.8. The van der Waals surface area contributed by atoms with Crippen molar-refractivity contribution >= 4 is 5.78 Å². The van der Waals surface area contributed by atoms with Crippen LogP contribution in [0.5, 0.6) is 28.7 Å². The van der Waals surface area contributed by atoms with Gasteiger partial charge in [0.15, 0.2) is 35.1 Å². The molecule has 0 aromatic heterocycles. The normalized spacial score (nSPS) is 19.6. The highest BCUT2D eigenvalue weighted by Gasteiger charge is 2.48. The highest BCUT2D eigenvalue weighted by Crippen LogP contribution is 2.55. The summed E-state index contributed by atoms with van der Waals surface area (Å²) in [7, 11) is 1.61. The van der Waals surface area contributed by atoms with E-state index in [2.05, 4.69) is 0 Å². The van der Waals surface area contributed by atoms with Crippen molar-refractivity contribution in [3.63, 3.8) is 0 Å². The molecule has 1 saturated heterocycles. The Morgan fingerprint density at radius 2 is 1.57 bits per heavy atom. The van der Waals surface area contributed by atoms with Crippen LogP contribution in [0.3, 0.4) is 0 Å². The van der Waals surface area contributed by atoms with Crippen LogP contribution >= 0.6 is 0 Å². The molecule has 0 radical (unpaired) electrons. The van der Waals surface area contributed by atoms with E-state index in [9.17, 15) is 4.79 Å². The largest absolute Gasteiger partial charge is 0.493 e. The number of fused-ring (bicyclic) bond motifs is 3. The summed E-state index contributed by atoms with van der Waals surface area (Å²) < 4.78 is 43.0. The highest BCUT2D eigenvalue weighted by atomic mass is 16.7. The van der Waals surface area contributed by atoms with E-state index in [1.807, 2.05) is 78.9 Å². The quantitative estimate of drug-likeness (QED) is 0.157. The molecule has 46 heavy (non-hydrogen) atoms. The van der Waals surface area contributed by atoms with Crippen LogP contribution in [0.15, 0.2) is 91.0 Å². The molecule has 1 fully saturated rings. The minimum atomic E-state index is -1.22. The second-order valence-corrected chi connectivity index (χ2v) is 11.7. The first-order valence-electron chi connectivity index (χ1n) is 16.0. The number of hydrogen-bond acceptors (Lipinski definition) is 8. The standard InChI is InChI=1S/C38H38O8/c1-40-34-24-26(17-19-31(34)41-21-10-11-23-43-35-16-8-9-22-42-35)33-25-30(39)29-18-20-32-37(36(29)44-33)46-38(45-32,27-12-4-2-5-13-27)28-14-6-3-7-15-28/h2-7,12-15,17-20,24,33,35H,8-11,16,21-23,25H2,1H3. The Bertz CT molecular complexity index is 1610. The van der Waals surface area contributed by atoms with Crippen LogP contribution in [-0.2, 0) is 15.3 Å². The van der Waals surface area contributed by atoms with Gasteiger partial charge in [0.1, 0.15) is 6.10 Å². The summed E-state index contributed by atoms with van der Waals surface area (Å²) in [5.41, 5.74) is 2.94. The Hall–Kier alpha value is -4.53. The summed E-state index contributed by atoms with van der Waals surface area (Å²) in [6.07, 6.45) is 4.53. The van der Waals surface area contributed by atoms with Gasteiger partial charge in [-0.15, -0.1) is 0 Å². The molecule has 238 valence electrons. The van der Waals surface area contributed by atoms with Gasteiger partial charge in [-0.3, -0.25) is 4.79 Å². The van der Waals surface area contributed by atoms with Gasteiger partial charge in [0.25, 0.3) is 0 Å². The number of unbranched alkanes of at least 4 members (excludes halogenated alkanes) is 1. The van der Waals surface area contributed by atoms with Crippen LogP contribution < -0.4 is 23.7 Å². The summed E-state index contributed by atoms with van der Waals surface area (Å²) in [5, 5.41) is 0. The van der Waals surface area contributed by atoms with Crippen LogP contribution in [0.2, 0.25) is 0 Å². The zero-order chi connectivity index (χ0) is 31.3. The maximum absolute atomic E-state index is 13.5. The van der Waals surface area contributed by atoms with Crippen molar-refractivity contribution < 1.29 is 38.0 Å². The maximum atomic E-state index is 13.5. The first kappa shape index (κ1) is 30.1. The second kappa shape index (κ2) is 13.4. The molecule has 8 nitrogen and oxygen atoms in total. The van der Waals surface area contributed by atoms with Crippen molar-refractivity contribution in [2.75, 3.05) is 26.9 Å². The van der Waals surface area contributed by atoms with Crippen LogP contribution in [0, 0.1) is 0 Å². The van der Waals surface area contributed by atoms with E-state index < -0.39 is 11.9 Å². The predicted molar refractivity (Wildman–Crippen MR) is 171 cm³/mol. The van der Waals surface area contributed by atoms with E-state index in [1.54, 1.807) is 19.2 Å². The summed E-state index contributed by atoms with van der Waals surface area (Å²) in [6.45, 7) is 1.96. The fourth-order valence-electron chi connectivity index (χ4n) is 6.19. The Morgan fingerprint density at radius 3 is 2.28 bits per heavy atom. The van der Waals surface area contributed by atoms with E-state index in [-0.39, 0.29) is 18.5 Å². The topological polar surface area (TPSA) is 81.7 Å². The summed E-state index contributed by atoms with van der Waals surface area (Å²) in [4.78, 5) is 13.5. The van der Waals surface area contributed by atoms with E-state index in [1.165, 1.54) is 0 Å². The van der Waals surface area contributed by atoms with Crippen molar-refractivity contribution in [1.29, 1.82) is 0 Å². The number of rotatable bonds is 11. The number of benzene rings is 4. The predicted octanol–water partition coefficient (Wildman–Crippen LogP) is 7.78. The number of Topliss-reactive ketones (excluding diaryl/α,β-unsaturated/α-hetero) is 1. The van der Waals surface area contributed by atoms with Gasteiger partial charge in [0.05, 0.1) is 25.7 Å². The third-order valence-electron chi connectivity index (χ3n) is 8.61. The SMILES string of the molecule is COc1cc(C2CC(=O)c3ccc4c(c3O2)OC(c2ccccc2)(c2ccccc2)O4)ccc1OCCCCOC1CCCCO1. The molecule has 3 aliphatic rings. The molecule has 3 aliphatic heterocycles. The Labute approximate surface area is 269 Å². The van der Waals surface area contributed by atoms with Gasteiger partial charge in [0, 0.05) is 24.3 Å². The molecule has 0 bridgehead atoms. The van der Waals surface area contributed by atoms with Crippen molar-refractivity contribution in [2.24, 2.45) is 0 Å². The van der Waals surface area contributed by atoms with Crippen LogP contribution in [0.4, 0.5) is 0 Å². The van der Waals surface area contributed by atoms with E-state index in [4.69, 9.17) is 33.2 Å². The van der Waals surface area contributed by atoms with Gasteiger partial charge in [0.2, 0.25) is 5.75 Å². The zero-order valence-corrected chi connectivity index (χ0v) is 25.9. The van der Waals surface area contributed by atoms with Crippen molar-refractivity contribution in [2.45, 2.75) is 56.7 Å². The molecule has 0 saturated carbocycles. The molecule has 2 unspecified atom stereocenters. The second-order valence-electron chi connectivity index (χ2n) is 11.7. The molecule has 4 aromatic rings. The summed E-state index contributed by atoms with van der Waals surface area (Å²) in [5.74, 6) is 1.27. The summed E-state index contributed by atoms with van der Waals surface area (Å²) >= 11 is 0. The average Bonchev–Trinajstić information content (AvgIpc) is 3.53. The monoisotopic (exact) mass is 622 g/mol.